The quantitative estimate of drug-likeness (QED) is 0.0477. The van der Waals surface area contributed by atoms with Gasteiger partial charge in [-0.3, -0.25) is 29.0 Å². The molecule has 14 N–H and O–H groups in total. The molecule has 17 nitrogen and oxygen atoms in total. The van der Waals surface area contributed by atoms with Gasteiger partial charge in [0.15, 0.2) is 5.96 Å². The van der Waals surface area contributed by atoms with Gasteiger partial charge in [0.2, 0.25) is 23.6 Å². The van der Waals surface area contributed by atoms with Crippen LogP contribution in [0.25, 0.3) is 10.9 Å². The first kappa shape index (κ1) is 34.0. The second-order valence-electron chi connectivity index (χ2n) is 9.74. The summed E-state index contributed by atoms with van der Waals surface area (Å²) in [5, 5.41) is 26.5. The number of nitrogens with zero attached hydrogens (tertiary/aromatic N) is 1. The van der Waals surface area contributed by atoms with Crippen LogP contribution in [0.15, 0.2) is 35.5 Å². The van der Waals surface area contributed by atoms with Crippen molar-refractivity contribution in [3.8, 4) is 0 Å². The normalized spacial score (nSPS) is 13.6. The molecule has 0 saturated carbocycles. The van der Waals surface area contributed by atoms with E-state index >= 15 is 0 Å². The molecule has 1 heterocycles. The number of nitrogens with two attached hydrogens (primary N) is 4. The molecule has 2 aromatic rings. The lowest BCUT2D eigenvalue weighted by atomic mass is 10.0. The maximum absolute atomic E-state index is 13.5. The fraction of sp³-hybridized carbons (Fsp3) is 0.423. The third-order valence-corrected chi connectivity index (χ3v) is 6.34. The number of hydrogen-bond donors (Lipinski definition) is 10. The summed E-state index contributed by atoms with van der Waals surface area (Å²) < 4.78 is 0. The topological polar surface area (TPSA) is 311 Å². The zero-order chi connectivity index (χ0) is 32.1. The van der Waals surface area contributed by atoms with Crippen LogP contribution in [0, 0.1) is 0 Å². The monoisotopic (exact) mass is 603 g/mol. The Morgan fingerprint density at radius 2 is 1.49 bits per heavy atom. The van der Waals surface area contributed by atoms with E-state index in [-0.39, 0.29) is 38.2 Å². The summed E-state index contributed by atoms with van der Waals surface area (Å²) in [4.78, 5) is 80.3. The number of guanidine groups is 1. The summed E-state index contributed by atoms with van der Waals surface area (Å²) in [5.74, 6) is -6.62. The van der Waals surface area contributed by atoms with Gasteiger partial charge in [0.1, 0.15) is 18.1 Å². The van der Waals surface area contributed by atoms with E-state index in [2.05, 4.69) is 25.9 Å². The second-order valence-corrected chi connectivity index (χ2v) is 9.74. The minimum atomic E-state index is -1.73. The van der Waals surface area contributed by atoms with Crippen LogP contribution in [0.5, 0.6) is 0 Å². The van der Waals surface area contributed by atoms with Crippen molar-refractivity contribution in [3.63, 3.8) is 0 Å². The molecule has 17 heteroatoms. The van der Waals surface area contributed by atoms with Crippen molar-refractivity contribution in [3.05, 3.63) is 36.0 Å². The number of aromatic amines is 1. The third kappa shape index (κ3) is 11.3. The number of hydrogen-bond acceptors (Lipinski definition) is 8. The maximum Gasteiger partial charge on any atom is 0.326 e. The van der Waals surface area contributed by atoms with Crippen LogP contribution in [0.2, 0.25) is 0 Å². The Kier molecular flexibility index (Phi) is 12.9. The number of para-hydroxylation sites is 1. The fourth-order valence-electron chi connectivity index (χ4n) is 4.13. The molecule has 0 spiro atoms. The van der Waals surface area contributed by atoms with Crippen LogP contribution < -0.4 is 38.9 Å². The largest absolute Gasteiger partial charge is 0.481 e. The number of carboxylic acids is 2. The highest BCUT2D eigenvalue weighted by Crippen LogP contribution is 2.19. The Morgan fingerprint density at radius 1 is 0.860 bits per heavy atom. The predicted molar refractivity (Wildman–Crippen MR) is 154 cm³/mol. The van der Waals surface area contributed by atoms with Crippen LogP contribution in [-0.2, 0) is 35.2 Å². The highest BCUT2D eigenvalue weighted by atomic mass is 16.4. The lowest BCUT2D eigenvalue weighted by molar-refractivity contribution is -0.143. The summed E-state index contributed by atoms with van der Waals surface area (Å²) in [6.45, 7) is 0.228. The van der Waals surface area contributed by atoms with Gasteiger partial charge in [0.05, 0.1) is 12.5 Å². The Hall–Kier alpha value is -5.19. The lowest BCUT2D eigenvalue weighted by Gasteiger charge is -2.24. The zero-order valence-corrected chi connectivity index (χ0v) is 23.2. The highest BCUT2D eigenvalue weighted by molar-refractivity contribution is 5.96. The van der Waals surface area contributed by atoms with Crippen molar-refractivity contribution in [2.24, 2.45) is 27.9 Å². The molecular weight excluding hydrogens is 566 g/mol. The number of aromatic nitrogens is 1. The lowest BCUT2D eigenvalue weighted by Crippen LogP contribution is -2.58. The van der Waals surface area contributed by atoms with Crippen molar-refractivity contribution in [2.45, 2.75) is 62.7 Å². The number of carboxylic acid groups (broad SMARTS) is 2. The van der Waals surface area contributed by atoms with Crippen LogP contribution in [0.1, 0.15) is 37.7 Å². The first-order valence-corrected chi connectivity index (χ1v) is 13.3. The second kappa shape index (κ2) is 16.3. The SMILES string of the molecule is NC(=O)CCC(NC(=O)C(CC(=O)O)NC(=O)C(Cc1c[nH]c2ccccc12)NC(=O)C(N)CCCN=C(N)N)C(=O)O. The zero-order valence-electron chi connectivity index (χ0n) is 23.2. The molecule has 1 aromatic heterocycles. The van der Waals surface area contributed by atoms with Gasteiger partial charge < -0.3 is 54.1 Å². The molecular formula is C26H37N9O8. The van der Waals surface area contributed by atoms with Gasteiger partial charge in [-0.25, -0.2) is 4.79 Å². The Balaban J connectivity index is 2.27. The molecule has 0 bridgehead atoms. The molecule has 2 rings (SSSR count). The van der Waals surface area contributed by atoms with Gasteiger partial charge in [-0.1, -0.05) is 18.2 Å². The van der Waals surface area contributed by atoms with E-state index in [0.29, 0.717) is 12.0 Å². The van der Waals surface area contributed by atoms with Gasteiger partial charge in [0.25, 0.3) is 0 Å². The highest BCUT2D eigenvalue weighted by Gasteiger charge is 2.32. The van der Waals surface area contributed by atoms with Gasteiger partial charge >= 0.3 is 11.9 Å². The molecule has 0 fully saturated rings. The average molecular weight is 604 g/mol. The number of fused-ring (bicyclic) bond motifs is 1. The Labute approximate surface area is 245 Å². The number of amides is 4. The van der Waals surface area contributed by atoms with Crippen LogP contribution in [0.3, 0.4) is 0 Å². The number of carbonyl (C=O) groups excluding carboxylic acids is 4. The van der Waals surface area contributed by atoms with E-state index in [1.165, 1.54) is 0 Å². The van der Waals surface area contributed by atoms with Gasteiger partial charge in [-0.15, -0.1) is 0 Å². The van der Waals surface area contributed by atoms with Crippen molar-refractivity contribution in [1.82, 2.24) is 20.9 Å². The molecule has 0 aliphatic rings. The number of benzene rings is 1. The number of aliphatic carboxylic acids is 2. The number of primary amides is 1. The van der Waals surface area contributed by atoms with E-state index in [1.807, 2.05) is 6.07 Å². The van der Waals surface area contributed by atoms with Crippen LogP contribution in [-0.4, -0.2) is 87.4 Å². The summed E-state index contributed by atoms with van der Waals surface area (Å²) >= 11 is 0. The Bertz CT molecular complexity index is 1360. The minimum absolute atomic E-state index is 0.0694. The van der Waals surface area contributed by atoms with Crippen molar-refractivity contribution in [2.75, 3.05) is 6.54 Å². The Morgan fingerprint density at radius 3 is 2.12 bits per heavy atom. The number of carbonyl (C=O) groups is 6. The first-order valence-electron chi connectivity index (χ1n) is 13.3. The number of aliphatic imine (C=N–C) groups is 1. The first-order chi connectivity index (χ1) is 20.3. The molecule has 0 saturated heterocycles. The average Bonchev–Trinajstić information content (AvgIpc) is 3.34. The molecule has 0 aliphatic heterocycles. The third-order valence-electron chi connectivity index (χ3n) is 6.34. The molecule has 4 unspecified atom stereocenters. The van der Waals surface area contributed by atoms with E-state index in [9.17, 15) is 39.0 Å². The summed E-state index contributed by atoms with van der Waals surface area (Å²) in [7, 11) is 0. The molecule has 234 valence electrons. The molecule has 43 heavy (non-hydrogen) atoms. The maximum atomic E-state index is 13.5. The smallest absolute Gasteiger partial charge is 0.326 e. The number of nitrogens with one attached hydrogen (secondary N) is 4. The van der Waals surface area contributed by atoms with Crippen molar-refractivity contribution in [1.29, 1.82) is 0 Å². The van der Waals surface area contributed by atoms with Gasteiger partial charge in [-0.05, 0) is 30.9 Å². The van der Waals surface area contributed by atoms with Crippen LogP contribution >= 0.6 is 0 Å². The van der Waals surface area contributed by atoms with Crippen molar-refractivity contribution >= 4 is 52.4 Å². The van der Waals surface area contributed by atoms with Crippen molar-refractivity contribution < 1.29 is 39.0 Å². The van der Waals surface area contributed by atoms with E-state index in [1.54, 1.807) is 24.4 Å². The minimum Gasteiger partial charge on any atom is -0.481 e. The molecule has 1 aromatic carbocycles. The summed E-state index contributed by atoms with van der Waals surface area (Å²) in [5.41, 5.74) is 23.0. The number of H-pyrrole nitrogens is 1. The van der Waals surface area contributed by atoms with Crippen LogP contribution in [0.4, 0.5) is 0 Å². The number of rotatable bonds is 18. The van der Waals surface area contributed by atoms with E-state index in [4.69, 9.17) is 22.9 Å². The van der Waals surface area contributed by atoms with Gasteiger partial charge in [0, 0.05) is 36.5 Å². The fourth-order valence-corrected chi connectivity index (χ4v) is 4.13. The summed E-state index contributed by atoms with van der Waals surface area (Å²) in [6.07, 6.45) is 0.494. The standard InChI is InChI=1S/C26H37N9O8/c27-15(5-3-9-31-26(29)30)22(39)34-18(10-13-12-32-16-6-2-1-4-14(13)16)23(40)35-19(11-21(37)38)24(41)33-17(25(42)43)7-8-20(28)36/h1-2,4,6,12,15,17-19,32H,3,5,7-11,27H2,(H2,28,36)(H,33,41)(H,34,39)(H,35,40)(H,37,38)(H,42,43)(H4,29,30,31). The van der Waals surface area contributed by atoms with E-state index < -0.39 is 66.2 Å². The molecule has 0 aliphatic carbocycles. The molecule has 0 radical (unpaired) electrons. The summed E-state index contributed by atoms with van der Waals surface area (Å²) in [6, 6.07) is 1.53. The molecule has 4 atom stereocenters. The predicted octanol–water partition coefficient (Wildman–Crippen LogP) is -2.63. The molecule has 4 amide bonds. The van der Waals surface area contributed by atoms with Gasteiger partial charge in [-0.2, -0.15) is 0 Å². The van der Waals surface area contributed by atoms with E-state index in [0.717, 1.165) is 10.9 Å².